The number of hydrogen-bond acceptors (Lipinski definition) is 3. The molecule has 98 valence electrons. The molecule has 1 aromatic carbocycles. The maximum absolute atomic E-state index is 12.1. The van der Waals surface area contributed by atoms with Crippen LogP contribution < -0.4 is 5.32 Å². The van der Waals surface area contributed by atoms with E-state index in [2.05, 4.69) is 10.3 Å². The summed E-state index contributed by atoms with van der Waals surface area (Å²) >= 11 is 0. The molecule has 2 rings (SSSR count). The van der Waals surface area contributed by atoms with Crippen molar-refractivity contribution in [3.63, 3.8) is 0 Å². The molecular weight excluding hydrogens is 240 g/mol. The average Bonchev–Trinajstić information content (AvgIpc) is 2.48. The lowest BCUT2D eigenvalue weighted by Gasteiger charge is -2.15. The molecular formula is C15H16N2O2. The Labute approximate surface area is 112 Å². The molecule has 4 nitrogen and oxygen atoms in total. The molecule has 1 N–H and O–H groups in total. The molecule has 1 atom stereocenters. The van der Waals surface area contributed by atoms with E-state index >= 15 is 0 Å². The second kappa shape index (κ2) is 6.66. The molecule has 0 bridgehead atoms. The number of hydrogen-bond donors (Lipinski definition) is 1. The van der Waals surface area contributed by atoms with Crippen molar-refractivity contribution in [3.05, 3.63) is 66.0 Å². The Morgan fingerprint density at radius 1 is 1.21 bits per heavy atom. The molecule has 0 saturated heterocycles. The van der Waals surface area contributed by atoms with E-state index in [1.807, 2.05) is 42.5 Å². The maximum atomic E-state index is 12.1. The SMILES string of the molecule is CO[C@@H](C(=O)NCc1ccncc1)c1ccccc1. The number of rotatable bonds is 5. The van der Waals surface area contributed by atoms with Gasteiger partial charge in [-0.1, -0.05) is 30.3 Å². The highest BCUT2D eigenvalue weighted by molar-refractivity contribution is 5.82. The molecule has 4 heteroatoms. The Bertz CT molecular complexity index is 514. The standard InChI is InChI=1S/C15H16N2O2/c1-19-14(13-5-3-2-4-6-13)15(18)17-11-12-7-9-16-10-8-12/h2-10,14H,11H2,1H3,(H,17,18)/t14-/m1/s1. The van der Waals surface area contributed by atoms with Crippen LogP contribution >= 0.6 is 0 Å². The van der Waals surface area contributed by atoms with Crippen molar-refractivity contribution in [1.29, 1.82) is 0 Å². The van der Waals surface area contributed by atoms with Crippen LogP contribution in [0.1, 0.15) is 17.2 Å². The molecule has 0 unspecified atom stereocenters. The number of pyridine rings is 1. The molecule has 1 amide bonds. The lowest BCUT2D eigenvalue weighted by molar-refractivity contribution is -0.131. The number of benzene rings is 1. The van der Waals surface area contributed by atoms with Gasteiger partial charge in [0.1, 0.15) is 0 Å². The molecule has 19 heavy (non-hydrogen) atoms. The Morgan fingerprint density at radius 2 is 1.89 bits per heavy atom. The van der Waals surface area contributed by atoms with Crippen LogP contribution in [0, 0.1) is 0 Å². The Kier molecular flexibility index (Phi) is 4.64. The number of methoxy groups -OCH3 is 1. The molecule has 0 fully saturated rings. The number of aromatic nitrogens is 1. The quantitative estimate of drug-likeness (QED) is 0.891. The summed E-state index contributed by atoms with van der Waals surface area (Å²) in [7, 11) is 1.53. The van der Waals surface area contributed by atoms with Crippen LogP contribution in [0.5, 0.6) is 0 Å². The Balaban J connectivity index is 1.98. The van der Waals surface area contributed by atoms with Gasteiger partial charge in [-0.2, -0.15) is 0 Å². The van der Waals surface area contributed by atoms with Crippen molar-refractivity contribution >= 4 is 5.91 Å². The summed E-state index contributed by atoms with van der Waals surface area (Å²) in [6.07, 6.45) is 2.82. The first-order chi connectivity index (χ1) is 9.31. The fourth-order valence-corrected chi connectivity index (χ4v) is 1.80. The van der Waals surface area contributed by atoms with Crippen molar-refractivity contribution in [2.45, 2.75) is 12.6 Å². The predicted molar refractivity (Wildman–Crippen MR) is 72.3 cm³/mol. The lowest BCUT2D eigenvalue weighted by Crippen LogP contribution is -2.29. The van der Waals surface area contributed by atoms with E-state index in [1.54, 1.807) is 12.4 Å². The van der Waals surface area contributed by atoms with Gasteiger partial charge in [-0.05, 0) is 23.3 Å². The number of carbonyl (C=O) groups is 1. The van der Waals surface area contributed by atoms with Crippen molar-refractivity contribution in [2.75, 3.05) is 7.11 Å². The third-order valence-electron chi connectivity index (χ3n) is 2.79. The predicted octanol–water partition coefficient (Wildman–Crippen LogP) is 2.09. The van der Waals surface area contributed by atoms with Crippen LogP contribution in [0.25, 0.3) is 0 Å². The number of amides is 1. The van der Waals surface area contributed by atoms with Gasteiger partial charge in [-0.15, -0.1) is 0 Å². The van der Waals surface area contributed by atoms with Gasteiger partial charge in [-0.25, -0.2) is 0 Å². The largest absolute Gasteiger partial charge is 0.367 e. The van der Waals surface area contributed by atoms with Gasteiger partial charge < -0.3 is 10.1 Å². The average molecular weight is 256 g/mol. The molecule has 0 aliphatic heterocycles. The minimum absolute atomic E-state index is 0.148. The Morgan fingerprint density at radius 3 is 2.53 bits per heavy atom. The fourth-order valence-electron chi connectivity index (χ4n) is 1.80. The van der Waals surface area contributed by atoms with Gasteiger partial charge in [0.15, 0.2) is 6.10 Å². The zero-order valence-corrected chi connectivity index (χ0v) is 10.7. The monoisotopic (exact) mass is 256 g/mol. The van der Waals surface area contributed by atoms with Crippen LogP contribution in [-0.4, -0.2) is 18.0 Å². The van der Waals surface area contributed by atoms with Crippen LogP contribution in [0.4, 0.5) is 0 Å². The van der Waals surface area contributed by atoms with Crippen LogP contribution in [-0.2, 0) is 16.1 Å². The highest BCUT2D eigenvalue weighted by Gasteiger charge is 2.19. The third-order valence-corrected chi connectivity index (χ3v) is 2.79. The van der Waals surface area contributed by atoms with Gasteiger partial charge in [0.2, 0.25) is 0 Å². The van der Waals surface area contributed by atoms with E-state index in [1.165, 1.54) is 7.11 Å². The van der Waals surface area contributed by atoms with Gasteiger partial charge in [0.05, 0.1) is 0 Å². The van der Waals surface area contributed by atoms with Gasteiger partial charge in [-0.3, -0.25) is 9.78 Å². The summed E-state index contributed by atoms with van der Waals surface area (Å²) in [5, 5.41) is 2.86. The van der Waals surface area contributed by atoms with Crippen molar-refractivity contribution in [1.82, 2.24) is 10.3 Å². The summed E-state index contributed by atoms with van der Waals surface area (Å²) in [5.41, 5.74) is 1.85. The van der Waals surface area contributed by atoms with E-state index in [0.717, 1.165) is 11.1 Å². The lowest BCUT2D eigenvalue weighted by atomic mass is 10.1. The van der Waals surface area contributed by atoms with E-state index in [0.29, 0.717) is 6.54 Å². The van der Waals surface area contributed by atoms with E-state index in [9.17, 15) is 4.79 Å². The highest BCUT2D eigenvalue weighted by atomic mass is 16.5. The molecule has 0 aliphatic carbocycles. The van der Waals surface area contributed by atoms with Crippen molar-refractivity contribution < 1.29 is 9.53 Å². The van der Waals surface area contributed by atoms with Gasteiger partial charge in [0, 0.05) is 26.0 Å². The van der Waals surface area contributed by atoms with Crippen molar-refractivity contribution in [2.24, 2.45) is 0 Å². The molecule has 2 aromatic rings. The highest BCUT2D eigenvalue weighted by Crippen LogP contribution is 2.16. The first kappa shape index (κ1) is 13.2. The van der Waals surface area contributed by atoms with E-state index in [-0.39, 0.29) is 5.91 Å². The molecule has 0 aliphatic rings. The van der Waals surface area contributed by atoms with Crippen LogP contribution in [0.2, 0.25) is 0 Å². The maximum Gasteiger partial charge on any atom is 0.254 e. The second-order valence-corrected chi connectivity index (χ2v) is 4.10. The van der Waals surface area contributed by atoms with Gasteiger partial charge in [0.25, 0.3) is 5.91 Å². The smallest absolute Gasteiger partial charge is 0.254 e. The zero-order chi connectivity index (χ0) is 13.5. The third kappa shape index (κ3) is 3.63. The van der Waals surface area contributed by atoms with Gasteiger partial charge >= 0.3 is 0 Å². The first-order valence-electron chi connectivity index (χ1n) is 6.05. The summed E-state index contributed by atoms with van der Waals surface area (Å²) in [6.45, 7) is 0.466. The molecule has 0 saturated carbocycles. The summed E-state index contributed by atoms with van der Waals surface area (Å²) < 4.78 is 5.26. The summed E-state index contributed by atoms with van der Waals surface area (Å²) in [4.78, 5) is 16.0. The topological polar surface area (TPSA) is 51.2 Å². The van der Waals surface area contributed by atoms with Crippen LogP contribution in [0.15, 0.2) is 54.9 Å². The fraction of sp³-hybridized carbons (Fsp3) is 0.200. The van der Waals surface area contributed by atoms with Crippen LogP contribution in [0.3, 0.4) is 0 Å². The molecule has 0 spiro atoms. The summed E-state index contributed by atoms with van der Waals surface area (Å²) in [6, 6.07) is 13.2. The zero-order valence-electron chi connectivity index (χ0n) is 10.7. The normalized spacial score (nSPS) is 11.8. The molecule has 1 aromatic heterocycles. The number of nitrogens with one attached hydrogen (secondary N) is 1. The number of carbonyl (C=O) groups excluding carboxylic acids is 1. The second-order valence-electron chi connectivity index (χ2n) is 4.10. The number of nitrogens with zero attached hydrogens (tertiary/aromatic N) is 1. The minimum atomic E-state index is -0.581. The van der Waals surface area contributed by atoms with Crippen molar-refractivity contribution in [3.8, 4) is 0 Å². The Hall–Kier alpha value is -2.20. The molecule has 0 radical (unpaired) electrons. The van der Waals surface area contributed by atoms with E-state index < -0.39 is 6.10 Å². The van der Waals surface area contributed by atoms with E-state index in [4.69, 9.17) is 4.74 Å². The molecule has 1 heterocycles. The summed E-state index contributed by atoms with van der Waals surface area (Å²) in [5.74, 6) is -0.148. The number of ether oxygens (including phenoxy) is 1. The first-order valence-corrected chi connectivity index (χ1v) is 6.05. The minimum Gasteiger partial charge on any atom is -0.367 e.